The molecule has 0 unspecified atom stereocenters. The van der Waals surface area contributed by atoms with Crippen molar-refractivity contribution in [3.8, 4) is 0 Å². The molecule has 2 atom stereocenters. The summed E-state index contributed by atoms with van der Waals surface area (Å²) in [7, 11) is 0. The maximum Gasteiger partial charge on any atom is 0.336 e. The van der Waals surface area contributed by atoms with Crippen molar-refractivity contribution >= 4 is 16.7 Å². The van der Waals surface area contributed by atoms with Gasteiger partial charge in [-0.05, 0) is 54.9 Å². The molecule has 1 saturated heterocycles. The molecule has 1 aliphatic heterocycles. The molecule has 2 aliphatic rings. The third-order valence-electron chi connectivity index (χ3n) is 6.45. The van der Waals surface area contributed by atoms with Gasteiger partial charge in [0.1, 0.15) is 5.58 Å². The molecule has 5 rings (SSSR count). The van der Waals surface area contributed by atoms with Gasteiger partial charge in [0.05, 0.1) is 12.1 Å². The lowest BCUT2D eigenvalue weighted by atomic mass is 9.89. The van der Waals surface area contributed by atoms with E-state index in [4.69, 9.17) is 4.42 Å². The monoisotopic (exact) mass is 359 g/mol. The molecule has 2 heterocycles. The SMILES string of the molecule is CCc1cccc(CC)c1N1[C@@H]2Cc3ccc4c(C)cc(=O)oc4c3C[C@@H]21. The minimum atomic E-state index is -0.243. The van der Waals surface area contributed by atoms with Crippen molar-refractivity contribution in [1.29, 1.82) is 0 Å². The maximum atomic E-state index is 12.0. The molecule has 3 heteroatoms. The molecule has 1 aliphatic carbocycles. The third-order valence-corrected chi connectivity index (χ3v) is 6.45. The number of hydrogen-bond acceptors (Lipinski definition) is 3. The molecule has 138 valence electrons. The van der Waals surface area contributed by atoms with Crippen LogP contribution in [0.3, 0.4) is 0 Å². The van der Waals surface area contributed by atoms with Crippen molar-refractivity contribution in [2.75, 3.05) is 4.90 Å². The van der Waals surface area contributed by atoms with E-state index in [0.717, 1.165) is 42.2 Å². The molecule has 0 bridgehead atoms. The topological polar surface area (TPSA) is 33.2 Å². The summed E-state index contributed by atoms with van der Waals surface area (Å²) >= 11 is 0. The van der Waals surface area contributed by atoms with Gasteiger partial charge in [0.25, 0.3) is 0 Å². The Morgan fingerprint density at radius 2 is 1.74 bits per heavy atom. The molecular formula is C24H25NO2. The summed E-state index contributed by atoms with van der Waals surface area (Å²) in [6.07, 6.45) is 4.12. The van der Waals surface area contributed by atoms with E-state index in [2.05, 4.69) is 49.1 Å². The first-order valence-corrected chi connectivity index (χ1v) is 10.1. The first kappa shape index (κ1) is 16.6. The maximum absolute atomic E-state index is 12.0. The van der Waals surface area contributed by atoms with E-state index in [1.54, 1.807) is 6.07 Å². The van der Waals surface area contributed by atoms with Gasteiger partial charge in [-0.15, -0.1) is 0 Å². The summed E-state index contributed by atoms with van der Waals surface area (Å²) in [6.45, 7) is 6.47. The molecule has 3 nitrogen and oxygen atoms in total. The highest BCUT2D eigenvalue weighted by molar-refractivity contribution is 5.85. The van der Waals surface area contributed by atoms with Gasteiger partial charge in [-0.1, -0.05) is 44.2 Å². The fourth-order valence-corrected chi connectivity index (χ4v) is 5.01. The number of anilines is 1. The number of hydrogen-bond donors (Lipinski definition) is 0. The second kappa shape index (κ2) is 5.98. The molecule has 27 heavy (non-hydrogen) atoms. The van der Waals surface area contributed by atoms with E-state index in [0.29, 0.717) is 12.1 Å². The van der Waals surface area contributed by atoms with Gasteiger partial charge in [0.2, 0.25) is 0 Å². The van der Waals surface area contributed by atoms with E-state index < -0.39 is 0 Å². The minimum absolute atomic E-state index is 0.243. The second-order valence-electron chi connectivity index (χ2n) is 7.91. The molecule has 1 aromatic heterocycles. The quantitative estimate of drug-likeness (QED) is 0.507. The zero-order valence-corrected chi connectivity index (χ0v) is 16.2. The van der Waals surface area contributed by atoms with Crippen LogP contribution in [0, 0.1) is 6.92 Å². The average Bonchev–Trinajstić information content (AvgIpc) is 3.37. The summed E-state index contributed by atoms with van der Waals surface area (Å²) in [4.78, 5) is 14.6. The van der Waals surface area contributed by atoms with Crippen LogP contribution >= 0.6 is 0 Å². The first-order valence-electron chi connectivity index (χ1n) is 10.1. The van der Waals surface area contributed by atoms with Crippen LogP contribution in [0.2, 0.25) is 0 Å². The Labute approximate surface area is 159 Å². The minimum Gasteiger partial charge on any atom is -0.422 e. The summed E-state index contributed by atoms with van der Waals surface area (Å²) in [6, 6.07) is 13.8. The van der Waals surface area contributed by atoms with E-state index in [1.165, 1.54) is 27.9 Å². The van der Waals surface area contributed by atoms with Gasteiger partial charge < -0.3 is 9.32 Å². The summed E-state index contributed by atoms with van der Waals surface area (Å²) in [5.74, 6) is 0. The van der Waals surface area contributed by atoms with Crippen molar-refractivity contribution < 1.29 is 4.42 Å². The predicted octanol–water partition coefficient (Wildman–Crippen LogP) is 4.58. The largest absolute Gasteiger partial charge is 0.422 e. The van der Waals surface area contributed by atoms with Gasteiger partial charge in [-0.2, -0.15) is 0 Å². The van der Waals surface area contributed by atoms with E-state index in [9.17, 15) is 4.79 Å². The van der Waals surface area contributed by atoms with Crippen LogP contribution in [0.5, 0.6) is 0 Å². The Kier molecular flexibility index (Phi) is 3.68. The first-order chi connectivity index (χ1) is 13.1. The van der Waals surface area contributed by atoms with Crippen LogP contribution < -0.4 is 10.5 Å². The van der Waals surface area contributed by atoms with Crippen LogP contribution in [-0.4, -0.2) is 12.1 Å². The lowest BCUT2D eigenvalue weighted by Crippen LogP contribution is -2.13. The smallest absolute Gasteiger partial charge is 0.336 e. The van der Waals surface area contributed by atoms with Gasteiger partial charge >= 0.3 is 5.63 Å². The number of para-hydroxylation sites is 1. The fourth-order valence-electron chi connectivity index (χ4n) is 5.01. The normalized spacial score (nSPS) is 20.5. The van der Waals surface area contributed by atoms with Crippen LogP contribution in [0.25, 0.3) is 11.0 Å². The lowest BCUT2D eigenvalue weighted by Gasteiger charge is -2.16. The Morgan fingerprint density at radius 3 is 2.44 bits per heavy atom. The number of aryl methyl sites for hydroxylation is 3. The Balaban J connectivity index is 1.59. The highest BCUT2D eigenvalue weighted by Gasteiger charge is 2.51. The molecule has 1 fully saturated rings. The number of nitrogens with zero attached hydrogens (tertiary/aromatic N) is 1. The molecule has 3 aromatic rings. The van der Waals surface area contributed by atoms with E-state index >= 15 is 0 Å². The lowest BCUT2D eigenvalue weighted by molar-refractivity contribution is 0.553. The molecule has 0 amide bonds. The van der Waals surface area contributed by atoms with Gasteiger partial charge in [-0.25, -0.2) is 4.79 Å². The Bertz CT molecular complexity index is 1090. The van der Waals surface area contributed by atoms with Crippen LogP contribution in [0.4, 0.5) is 5.69 Å². The second-order valence-corrected chi connectivity index (χ2v) is 7.91. The van der Waals surface area contributed by atoms with Crippen molar-refractivity contribution in [3.05, 3.63) is 74.6 Å². The van der Waals surface area contributed by atoms with E-state index in [-0.39, 0.29) is 5.63 Å². The standard InChI is InChI=1S/C24H25NO2/c1-4-15-7-6-8-16(5-2)23(15)25-20-12-17-9-10-18-14(3)11-22(26)27-24(18)19(17)13-21(20)25/h6-11,20-21H,4-5,12-13H2,1-3H3/t20-,21+,25?/m1/s1. The van der Waals surface area contributed by atoms with Crippen molar-refractivity contribution in [1.82, 2.24) is 0 Å². The zero-order valence-electron chi connectivity index (χ0n) is 16.2. The predicted molar refractivity (Wildman–Crippen MR) is 110 cm³/mol. The number of benzene rings is 2. The Hall–Kier alpha value is -2.55. The molecule has 0 radical (unpaired) electrons. The highest BCUT2D eigenvalue weighted by Crippen LogP contribution is 2.47. The summed E-state index contributed by atoms with van der Waals surface area (Å²) in [5, 5.41) is 1.07. The molecule has 0 saturated carbocycles. The number of fused-ring (bicyclic) bond motifs is 4. The Morgan fingerprint density at radius 1 is 1.04 bits per heavy atom. The van der Waals surface area contributed by atoms with Crippen molar-refractivity contribution in [2.24, 2.45) is 0 Å². The van der Waals surface area contributed by atoms with Gasteiger partial charge in [0.15, 0.2) is 0 Å². The number of rotatable bonds is 3. The third kappa shape index (κ3) is 2.44. The molecule has 2 aromatic carbocycles. The van der Waals surface area contributed by atoms with Crippen molar-refractivity contribution in [2.45, 2.75) is 58.5 Å². The van der Waals surface area contributed by atoms with Gasteiger partial charge in [-0.3, -0.25) is 0 Å². The zero-order chi connectivity index (χ0) is 18.7. The molecule has 0 N–H and O–H groups in total. The van der Waals surface area contributed by atoms with Crippen molar-refractivity contribution in [3.63, 3.8) is 0 Å². The summed E-state index contributed by atoms with van der Waals surface area (Å²) in [5.41, 5.74) is 8.49. The van der Waals surface area contributed by atoms with Crippen LogP contribution in [-0.2, 0) is 25.7 Å². The molecular weight excluding hydrogens is 334 g/mol. The van der Waals surface area contributed by atoms with Gasteiger partial charge in [0, 0.05) is 22.7 Å². The highest BCUT2D eigenvalue weighted by atomic mass is 16.4. The van der Waals surface area contributed by atoms with E-state index in [1.807, 2.05) is 6.92 Å². The molecule has 0 spiro atoms. The van der Waals surface area contributed by atoms with Crippen LogP contribution in [0.1, 0.15) is 41.7 Å². The summed E-state index contributed by atoms with van der Waals surface area (Å²) < 4.78 is 5.66. The van der Waals surface area contributed by atoms with Crippen LogP contribution in [0.15, 0.2) is 45.6 Å². The fraction of sp³-hybridized carbons (Fsp3) is 0.375. The average molecular weight is 359 g/mol.